The van der Waals surface area contributed by atoms with Gasteiger partial charge in [-0.2, -0.15) is 0 Å². The highest BCUT2D eigenvalue weighted by atomic mass is 35.5. The molecule has 1 heterocycles. The molecule has 122 valence electrons. The summed E-state index contributed by atoms with van der Waals surface area (Å²) in [5, 5.41) is 6.47. The summed E-state index contributed by atoms with van der Waals surface area (Å²) in [7, 11) is -2.89. The van der Waals surface area contributed by atoms with Crippen LogP contribution in [0.5, 0.6) is 0 Å². The first kappa shape index (κ1) is 17.2. The van der Waals surface area contributed by atoms with Gasteiger partial charge in [0, 0.05) is 19.0 Å². The lowest BCUT2D eigenvalue weighted by atomic mass is 10.1. The Kier molecular flexibility index (Phi) is 5.47. The Balaban J connectivity index is 1.82. The summed E-state index contributed by atoms with van der Waals surface area (Å²) >= 11 is 6.15. The molecule has 0 radical (unpaired) electrons. The maximum atomic E-state index is 12.0. The van der Waals surface area contributed by atoms with E-state index in [0.717, 1.165) is 11.1 Å². The van der Waals surface area contributed by atoms with Gasteiger partial charge in [0.2, 0.25) is 5.91 Å². The van der Waals surface area contributed by atoms with Crippen molar-refractivity contribution in [1.82, 2.24) is 5.32 Å². The molecule has 1 aliphatic heterocycles. The quantitative estimate of drug-likeness (QED) is 0.857. The Morgan fingerprint density at radius 2 is 2.09 bits per heavy atom. The maximum Gasteiger partial charge on any atom is 0.225 e. The smallest absolute Gasteiger partial charge is 0.225 e. The number of aryl methyl sites for hydroxylation is 2. The van der Waals surface area contributed by atoms with Crippen LogP contribution < -0.4 is 10.6 Å². The number of rotatable bonds is 5. The zero-order chi connectivity index (χ0) is 16.3. The van der Waals surface area contributed by atoms with E-state index in [1.807, 2.05) is 26.0 Å². The molecule has 1 fully saturated rings. The van der Waals surface area contributed by atoms with Gasteiger partial charge in [0.15, 0.2) is 9.84 Å². The number of carbonyl (C=O) groups excluding carboxylic acids is 1. The number of benzene rings is 1. The lowest BCUT2D eigenvalue weighted by Crippen LogP contribution is -2.32. The van der Waals surface area contributed by atoms with Crippen LogP contribution in [0.15, 0.2) is 12.1 Å². The van der Waals surface area contributed by atoms with Gasteiger partial charge in [0.25, 0.3) is 0 Å². The van der Waals surface area contributed by atoms with Crippen LogP contribution in [0.2, 0.25) is 5.02 Å². The third-order valence-electron chi connectivity index (χ3n) is 3.71. The molecule has 1 amide bonds. The van der Waals surface area contributed by atoms with Crippen LogP contribution in [0.25, 0.3) is 0 Å². The Hall–Kier alpha value is -1.11. The minimum atomic E-state index is -2.89. The fourth-order valence-corrected chi connectivity index (χ4v) is 4.70. The highest BCUT2D eigenvalue weighted by Gasteiger charge is 2.27. The lowest BCUT2D eigenvalue weighted by Gasteiger charge is -2.13. The highest BCUT2D eigenvalue weighted by molar-refractivity contribution is 7.91. The normalized spacial score (nSPS) is 20.0. The standard InChI is InChI=1S/C15H21ClN2O3S/c1-10-7-11(2)15(13(16)8-10)18-14(19)3-5-17-12-4-6-22(20,21)9-12/h7-8,12,17H,3-6,9H2,1-2H3,(H,18,19). The summed E-state index contributed by atoms with van der Waals surface area (Å²) in [6.07, 6.45) is 0.896. The number of anilines is 1. The molecule has 1 aromatic rings. The van der Waals surface area contributed by atoms with E-state index in [1.54, 1.807) is 0 Å². The predicted molar refractivity (Wildman–Crippen MR) is 89.2 cm³/mol. The van der Waals surface area contributed by atoms with Crippen LogP contribution in [0.1, 0.15) is 24.0 Å². The van der Waals surface area contributed by atoms with Crippen LogP contribution in [-0.2, 0) is 14.6 Å². The third kappa shape index (κ3) is 4.69. The van der Waals surface area contributed by atoms with E-state index in [9.17, 15) is 13.2 Å². The zero-order valence-corrected chi connectivity index (χ0v) is 14.4. The van der Waals surface area contributed by atoms with Crippen molar-refractivity contribution in [3.8, 4) is 0 Å². The van der Waals surface area contributed by atoms with Crippen molar-refractivity contribution in [2.75, 3.05) is 23.4 Å². The summed E-state index contributed by atoms with van der Waals surface area (Å²) in [5.74, 6) is 0.259. The molecule has 0 spiro atoms. The lowest BCUT2D eigenvalue weighted by molar-refractivity contribution is -0.116. The molecule has 5 nitrogen and oxygen atoms in total. The minimum Gasteiger partial charge on any atom is -0.325 e. The number of amides is 1. The van der Waals surface area contributed by atoms with E-state index in [1.165, 1.54) is 0 Å². The molecular formula is C15H21ClN2O3S. The SMILES string of the molecule is Cc1cc(C)c(NC(=O)CCNC2CCS(=O)(=O)C2)c(Cl)c1. The van der Waals surface area contributed by atoms with Gasteiger partial charge in [-0.05, 0) is 37.5 Å². The number of hydrogen-bond acceptors (Lipinski definition) is 4. The van der Waals surface area contributed by atoms with Crippen molar-refractivity contribution >= 4 is 33.0 Å². The first-order valence-electron chi connectivity index (χ1n) is 7.27. The van der Waals surface area contributed by atoms with Crippen LogP contribution >= 0.6 is 11.6 Å². The Labute approximate surface area is 136 Å². The molecule has 0 saturated carbocycles. The van der Waals surface area contributed by atoms with Crippen molar-refractivity contribution < 1.29 is 13.2 Å². The third-order valence-corrected chi connectivity index (χ3v) is 5.78. The minimum absolute atomic E-state index is 0.0394. The summed E-state index contributed by atoms with van der Waals surface area (Å²) in [6.45, 7) is 4.30. The average molecular weight is 345 g/mol. The average Bonchev–Trinajstić information content (AvgIpc) is 2.73. The van der Waals surface area contributed by atoms with Gasteiger partial charge in [-0.15, -0.1) is 0 Å². The largest absolute Gasteiger partial charge is 0.325 e. The molecular weight excluding hydrogens is 324 g/mol. The van der Waals surface area contributed by atoms with Gasteiger partial charge < -0.3 is 10.6 Å². The molecule has 1 atom stereocenters. The van der Waals surface area contributed by atoms with Gasteiger partial charge in [-0.3, -0.25) is 4.79 Å². The van der Waals surface area contributed by atoms with Crippen molar-refractivity contribution in [3.05, 3.63) is 28.3 Å². The maximum absolute atomic E-state index is 12.0. The second-order valence-electron chi connectivity index (χ2n) is 5.79. The first-order valence-corrected chi connectivity index (χ1v) is 9.47. The van der Waals surface area contributed by atoms with Gasteiger partial charge in [0.1, 0.15) is 0 Å². The Morgan fingerprint density at radius 3 is 2.68 bits per heavy atom. The van der Waals surface area contributed by atoms with Gasteiger partial charge >= 0.3 is 0 Å². The summed E-state index contributed by atoms with van der Waals surface area (Å²) in [6, 6.07) is 3.73. The van der Waals surface area contributed by atoms with Crippen LogP contribution in [0.4, 0.5) is 5.69 Å². The molecule has 2 rings (SSSR count). The Morgan fingerprint density at radius 1 is 1.36 bits per heavy atom. The van der Waals surface area contributed by atoms with Crippen molar-refractivity contribution in [3.63, 3.8) is 0 Å². The molecule has 7 heteroatoms. The number of nitrogens with one attached hydrogen (secondary N) is 2. The second kappa shape index (κ2) is 6.98. The summed E-state index contributed by atoms with van der Waals surface area (Å²) in [5.41, 5.74) is 2.61. The molecule has 0 aliphatic carbocycles. The van der Waals surface area contributed by atoms with Crippen LogP contribution in [-0.4, -0.2) is 38.4 Å². The topological polar surface area (TPSA) is 75.3 Å². The molecule has 2 N–H and O–H groups in total. The van der Waals surface area contributed by atoms with Crippen molar-refractivity contribution in [2.24, 2.45) is 0 Å². The van der Waals surface area contributed by atoms with E-state index >= 15 is 0 Å². The monoisotopic (exact) mass is 344 g/mol. The van der Waals surface area contributed by atoms with Gasteiger partial charge in [-0.1, -0.05) is 17.7 Å². The van der Waals surface area contributed by atoms with E-state index in [2.05, 4.69) is 10.6 Å². The zero-order valence-electron chi connectivity index (χ0n) is 12.8. The van der Waals surface area contributed by atoms with E-state index in [4.69, 9.17) is 11.6 Å². The molecule has 0 aromatic heterocycles. The van der Waals surface area contributed by atoms with Gasteiger partial charge in [-0.25, -0.2) is 8.42 Å². The summed E-state index contributed by atoms with van der Waals surface area (Å²) < 4.78 is 22.7. The van der Waals surface area contributed by atoms with E-state index < -0.39 is 9.84 Å². The molecule has 1 unspecified atom stereocenters. The number of halogens is 1. The van der Waals surface area contributed by atoms with E-state index in [0.29, 0.717) is 23.7 Å². The fourth-order valence-electron chi connectivity index (χ4n) is 2.62. The number of hydrogen-bond donors (Lipinski definition) is 2. The summed E-state index contributed by atoms with van der Waals surface area (Å²) in [4.78, 5) is 12.0. The van der Waals surface area contributed by atoms with Gasteiger partial charge in [0.05, 0.1) is 22.2 Å². The van der Waals surface area contributed by atoms with Crippen LogP contribution in [0.3, 0.4) is 0 Å². The van der Waals surface area contributed by atoms with Crippen LogP contribution in [0, 0.1) is 13.8 Å². The predicted octanol–water partition coefficient (Wildman–Crippen LogP) is 2.06. The molecule has 1 aromatic carbocycles. The van der Waals surface area contributed by atoms with Crippen molar-refractivity contribution in [2.45, 2.75) is 32.7 Å². The van der Waals surface area contributed by atoms with E-state index in [-0.39, 0.29) is 29.9 Å². The fraction of sp³-hybridized carbons (Fsp3) is 0.533. The number of carbonyl (C=O) groups is 1. The molecule has 22 heavy (non-hydrogen) atoms. The Bertz CT molecular complexity index is 650. The van der Waals surface area contributed by atoms with Crippen molar-refractivity contribution in [1.29, 1.82) is 0 Å². The molecule has 1 aliphatic rings. The molecule has 1 saturated heterocycles. The molecule has 0 bridgehead atoms. The first-order chi connectivity index (χ1) is 10.3. The highest BCUT2D eigenvalue weighted by Crippen LogP contribution is 2.27. The second-order valence-corrected chi connectivity index (χ2v) is 8.43. The number of sulfone groups is 1.